The molecule has 0 aromatic heterocycles. The zero-order chi connectivity index (χ0) is 50.2. The second kappa shape index (κ2) is 22.9. The Morgan fingerprint density at radius 1 is 0.826 bits per heavy atom. The van der Waals surface area contributed by atoms with Crippen molar-refractivity contribution in [3.05, 3.63) is 89.5 Å². The Morgan fingerprint density at radius 2 is 1.49 bits per heavy atom. The summed E-state index contributed by atoms with van der Waals surface area (Å²) >= 11 is 1.41. The lowest BCUT2D eigenvalue weighted by atomic mass is 9.73. The van der Waals surface area contributed by atoms with E-state index in [9.17, 15) is 48.4 Å². The molecule has 12 nitrogen and oxygen atoms in total. The molecule has 69 heavy (non-hydrogen) atoms. The van der Waals surface area contributed by atoms with Crippen LogP contribution in [0.15, 0.2) is 98.6 Å². The van der Waals surface area contributed by atoms with Gasteiger partial charge in [0.25, 0.3) is 25.8 Å². The van der Waals surface area contributed by atoms with Crippen LogP contribution in [0.3, 0.4) is 0 Å². The van der Waals surface area contributed by atoms with Crippen molar-refractivity contribution in [2.75, 3.05) is 75.4 Å². The van der Waals surface area contributed by atoms with Crippen LogP contribution in [0.4, 0.5) is 33.3 Å². The SMILES string of the molecule is COC(=O)C1(C)CCN(CCC(CSc2ccccc2)Nc2ccc(S(=O)(=O)NC(=O)c3ccc(N4CCN(CC5=C(CCCC(F)F)CC(C)(C)CC5)CC4)cc3)cc2S(=O)(=O)C(F)(F)F)CC1. The maximum atomic E-state index is 14.3. The lowest BCUT2D eigenvalue weighted by Gasteiger charge is -2.39. The van der Waals surface area contributed by atoms with Crippen LogP contribution in [0, 0.1) is 10.8 Å². The van der Waals surface area contributed by atoms with Gasteiger partial charge in [-0.3, -0.25) is 14.5 Å². The number of benzene rings is 3. The van der Waals surface area contributed by atoms with Gasteiger partial charge in [0, 0.05) is 73.6 Å². The topological polar surface area (TPSA) is 145 Å². The van der Waals surface area contributed by atoms with Crippen molar-refractivity contribution in [3.63, 3.8) is 0 Å². The fraction of sp³-hybridized carbons (Fsp3) is 0.551. The van der Waals surface area contributed by atoms with Gasteiger partial charge in [0.05, 0.1) is 23.1 Å². The van der Waals surface area contributed by atoms with Gasteiger partial charge in [-0.2, -0.15) is 13.2 Å². The molecule has 0 bridgehead atoms. The van der Waals surface area contributed by atoms with Crippen LogP contribution < -0.4 is 14.9 Å². The number of alkyl halides is 5. The van der Waals surface area contributed by atoms with Gasteiger partial charge in [-0.25, -0.2) is 30.3 Å². The largest absolute Gasteiger partial charge is 0.501 e. The van der Waals surface area contributed by atoms with Crippen molar-refractivity contribution in [3.8, 4) is 0 Å². The first kappa shape index (κ1) is 54.1. The summed E-state index contributed by atoms with van der Waals surface area (Å²) in [4.78, 5) is 31.1. The van der Waals surface area contributed by atoms with Gasteiger partial charge in [-0.15, -0.1) is 11.8 Å². The molecule has 0 saturated carbocycles. The minimum Gasteiger partial charge on any atom is -0.469 e. The standard InChI is InChI=1S/C49H64F5N5O7S3/c1-47(2)21-19-37(36(32-47)9-8-12-44(50)51)33-58-27-29-59(30-28-58)39-15-13-35(14-16-39)45(60)56-69(64,65)41-17-18-42(43(31-41)68(62,63)49(52,53)54)55-38(34-67-40-10-6-5-7-11-40)20-24-57-25-22-48(3,23-26-57)46(61)66-4/h5-7,10-11,13-18,31,38,44,55H,8-9,12,19-30,32-34H2,1-4H3,(H,56,60). The number of halogens is 5. The number of piperidine rings is 1. The van der Waals surface area contributed by atoms with E-state index in [0.717, 1.165) is 61.6 Å². The molecule has 1 atom stereocenters. The number of hydrogen-bond donors (Lipinski definition) is 2. The number of nitrogens with zero attached hydrogens (tertiary/aromatic N) is 3. The summed E-state index contributed by atoms with van der Waals surface area (Å²) in [6.07, 6.45) is 3.10. The third-order valence-electron chi connectivity index (χ3n) is 13.5. The maximum absolute atomic E-state index is 14.3. The lowest BCUT2D eigenvalue weighted by Crippen LogP contribution is -2.47. The number of allylic oxidation sites excluding steroid dienone is 1. The summed E-state index contributed by atoms with van der Waals surface area (Å²) in [5.41, 5.74) is -3.33. The monoisotopic (exact) mass is 1030 g/mol. The number of hydrogen-bond acceptors (Lipinski definition) is 12. The average Bonchev–Trinajstić information content (AvgIpc) is 3.30. The number of rotatable bonds is 20. The molecule has 3 aromatic carbocycles. The van der Waals surface area contributed by atoms with E-state index in [0.29, 0.717) is 76.6 Å². The Kier molecular flexibility index (Phi) is 17.9. The predicted octanol–water partition coefficient (Wildman–Crippen LogP) is 9.40. The summed E-state index contributed by atoms with van der Waals surface area (Å²) in [6.45, 7) is 11.5. The van der Waals surface area contributed by atoms with Crippen molar-refractivity contribution >= 4 is 54.9 Å². The summed E-state index contributed by atoms with van der Waals surface area (Å²) in [5.74, 6) is -1.06. The minimum atomic E-state index is -6.12. The number of amides is 1. The Labute approximate surface area is 407 Å². The van der Waals surface area contributed by atoms with Crippen LogP contribution in [0.1, 0.15) is 88.9 Å². The molecule has 2 saturated heterocycles. The van der Waals surface area contributed by atoms with Gasteiger partial charge in [-0.1, -0.05) is 43.2 Å². The van der Waals surface area contributed by atoms with E-state index in [-0.39, 0.29) is 23.4 Å². The number of thioether (sulfide) groups is 1. The maximum Gasteiger partial charge on any atom is 0.501 e. The Bertz CT molecular complexity index is 2490. The number of piperazine rings is 1. The first-order valence-corrected chi connectivity index (χ1v) is 27.3. The summed E-state index contributed by atoms with van der Waals surface area (Å²) in [7, 11) is -9.67. The van der Waals surface area contributed by atoms with Crippen LogP contribution in [0.2, 0.25) is 0 Å². The summed E-state index contributed by atoms with van der Waals surface area (Å²) in [6, 6.07) is 17.2. The van der Waals surface area contributed by atoms with E-state index in [2.05, 4.69) is 33.9 Å². The predicted molar refractivity (Wildman–Crippen MR) is 259 cm³/mol. The summed E-state index contributed by atoms with van der Waals surface area (Å²) in [5, 5.41) is 2.98. The van der Waals surface area contributed by atoms with E-state index in [4.69, 9.17) is 4.74 Å². The van der Waals surface area contributed by atoms with Gasteiger partial charge >= 0.3 is 11.5 Å². The van der Waals surface area contributed by atoms with Crippen molar-refractivity contribution in [1.82, 2.24) is 14.5 Å². The molecular weight excluding hydrogens is 962 g/mol. The van der Waals surface area contributed by atoms with E-state index in [1.54, 1.807) is 12.1 Å². The highest BCUT2D eigenvalue weighted by molar-refractivity contribution is 7.99. The molecule has 2 N–H and O–H groups in total. The molecular formula is C49H64F5N5O7S3. The molecule has 0 radical (unpaired) electrons. The number of sulfone groups is 1. The zero-order valence-electron chi connectivity index (χ0n) is 39.6. The van der Waals surface area contributed by atoms with Crippen LogP contribution in [-0.2, 0) is 29.4 Å². The van der Waals surface area contributed by atoms with Crippen molar-refractivity contribution < 1.29 is 53.1 Å². The van der Waals surface area contributed by atoms with Gasteiger partial charge in [-0.05, 0) is 131 Å². The first-order valence-electron chi connectivity index (χ1n) is 23.3. The number of likely N-dealkylation sites (tertiary alicyclic amines) is 1. The van der Waals surface area contributed by atoms with Crippen LogP contribution in [0.25, 0.3) is 0 Å². The van der Waals surface area contributed by atoms with Gasteiger partial charge < -0.3 is 19.9 Å². The lowest BCUT2D eigenvalue weighted by molar-refractivity contribution is -0.154. The van der Waals surface area contributed by atoms with E-state index >= 15 is 0 Å². The second-order valence-corrected chi connectivity index (χ2v) is 24.0. The number of carbonyl (C=O) groups is 2. The molecule has 6 rings (SSSR count). The third kappa shape index (κ3) is 14.4. The van der Waals surface area contributed by atoms with E-state index in [1.807, 2.05) is 42.0 Å². The van der Waals surface area contributed by atoms with Gasteiger partial charge in [0.1, 0.15) is 4.90 Å². The molecule has 1 unspecified atom stereocenters. The molecule has 1 aliphatic carbocycles. The highest BCUT2D eigenvalue weighted by atomic mass is 32.2. The van der Waals surface area contributed by atoms with Crippen molar-refractivity contribution in [1.29, 1.82) is 0 Å². The Balaban J connectivity index is 1.12. The number of methoxy groups -OCH3 is 1. The third-order valence-corrected chi connectivity index (χ3v) is 17.6. The zero-order valence-corrected chi connectivity index (χ0v) is 42.1. The molecule has 3 aliphatic rings. The number of ether oxygens (including phenoxy) is 1. The van der Waals surface area contributed by atoms with Gasteiger partial charge in [0.15, 0.2) is 0 Å². The first-order chi connectivity index (χ1) is 32.5. The molecule has 20 heteroatoms. The molecule has 3 aromatic rings. The summed E-state index contributed by atoms with van der Waals surface area (Å²) < 4.78 is 129. The minimum absolute atomic E-state index is 0.0451. The van der Waals surface area contributed by atoms with Crippen LogP contribution in [0.5, 0.6) is 0 Å². The van der Waals surface area contributed by atoms with E-state index < -0.39 is 64.6 Å². The molecule has 380 valence electrons. The number of anilines is 2. The second-order valence-electron chi connectivity index (χ2n) is 19.3. The van der Waals surface area contributed by atoms with Gasteiger partial charge in [0.2, 0.25) is 6.43 Å². The van der Waals surface area contributed by atoms with Crippen LogP contribution in [-0.4, -0.2) is 122 Å². The highest BCUT2D eigenvalue weighted by Crippen LogP contribution is 2.41. The number of nitrogens with one attached hydrogen (secondary N) is 2. The fourth-order valence-corrected chi connectivity index (χ4v) is 12.2. The molecule has 2 heterocycles. The quantitative estimate of drug-likeness (QED) is 0.0482. The molecule has 0 spiro atoms. The molecule has 2 aliphatic heterocycles. The smallest absolute Gasteiger partial charge is 0.469 e. The average molecular weight is 1030 g/mol. The normalized spacial score (nSPS) is 18.8. The number of sulfonamides is 1. The number of carbonyl (C=O) groups excluding carboxylic acids is 2. The van der Waals surface area contributed by atoms with Crippen molar-refractivity contribution in [2.24, 2.45) is 10.8 Å². The van der Waals surface area contributed by atoms with Crippen molar-refractivity contribution in [2.45, 2.75) is 111 Å². The number of esters is 1. The van der Waals surface area contributed by atoms with Crippen LogP contribution >= 0.6 is 11.8 Å². The highest BCUT2D eigenvalue weighted by Gasteiger charge is 2.48. The Hall–Kier alpha value is -4.24. The van der Waals surface area contributed by atoms with E-state index in [1.165, 1.54) is 42.2 Å². The molecule has 1 amide bonds. The fourth-order valence-electron chi connectivity index (χ4n) is 9.21. The molecule has 2 fully saturated rings. The Morgan fingerprint density at radius 3 is 2.12 bits per heavy atom.